The van der Waals surface area contributed by atoms with E-state index >= 15 is 0 Å². The van der Waals surface area contributed by atoms with Crippen LogP contribution in [0.3, 0.4) is 0 Å². The van der Waals surface area contributed by atoms with Gasteiger partial charge in [-0.15, -0.1) is 0 Å². The predicted molar refractivity (Wildman–Crippen MR) is 191 cm³/mol. The minimum atomic E-state index is -0.117. The Hall–Kier alpha value is -5.73. The molecule has 0 spiro atoms. The second-order valence-electron chi connectivity index (χ2n) is 12.8. The Morgan fingerprint density at radius 1 is 0.457 bits per heavy atom. The average molecular weight is 590 g/mol. The smallest absolute Gasteiger partial charge is 0.143 e. The zero-order chi connectivity index (χ0) is 30.8. The molecule has 0 atom stereocenters. The molecule has 0 unspecified atom stereocenters. The van der Waals surface area contributed by atoms with Crippen molar-refractivity contribution in [2.75, 3.05) is 0 Å². The van der Waals surface area contributed by atoms with Crippen molar-refractivity contribution in [1.82, 2.24) is 4.98 Å². The molecule has 2 aromatic heterocycles. The molecule has 2 heteroatoms. The number of hydrogen-bond donors (Lipinski definition) is 0. The summed E-state index contributed by atoms with van der Waals surface area (Å²) < 4.78 is 6.56. The second kappa shape index (κ2) is 10.2. The van der Waals surface area contributed by atoms with Crippen LogP contribution >= 0.6 is 0 Å². The summed E-state index contributed by atoms with van der Waals surface area (Å²) in [7, 11) is 0. The van der Waals surface area contributed by atoms with Gasteiger partial charge in [0.05, 0.1) is 11.4 Å². The molecule has 1 aliphatic carbocycles. The van der Waals surface area contributed by atoms with Crippen LogP contribution in [-0.4, -0.2) is 4.98 Å². The molecular formula is C44H31NO. The third kappa shape index (κ3) is 4.14. The predicted octanol–water partition coefficient (Wildman–Crippen LogP) is 12.0. The van der Waals surface area contributed by atoms with E-state index in [1.54, 1.807) is 0 Å². The lowest BCUT2D eigenvalue weighted by molar-refractivity contribution is 0.653. The molecule has 0 N–H and O–H groups in total. The number of hydrogen-bond acceptors (Lipinski definition) is 2. The quantitative estimate of drug-likeness (QED) is 0.204. The molecule has 218 valence electrons. The number of fused-ring (bicyclic) bond motifs is 7. The summed E-state index contributed by atoms with van der Waals surface area (Å²) in [5, 5.41) is 2.33. The molecule has 0 saturated heterocycles. The number of para-hydroxylation sites is 1. The van der Waals surface area contributed by atoms with E-state index in [0.29, 0.717) is 0 Å². The Morgan fingerprint density at radius 2 is 1.09 bits per heavy atom. The number of furan rings is 1. The Morgan fingerprint density at radius 3 is 1.89 bits per heavy atom. The fourth-order valence-corrected chi connectivity index (χ4v) is 7.29. The average Bonchev–Trinajstić information content (AvgIpc) is 3.61. The van der Waals surface area contributed by atoms with Crippen molar-refractivity contribution in [2.45, 2.75) is 19.3 Å². The Balaban J connectivity index is 1.19. The van der Waals surface area contributed by atoms with Crippen molar-refractivity contribution < 1.29 is 4.42 Å². The highest BCUT2D eigenvalue weighted by Gasteiger charge is 2.37. The van der Waals surface area contributed by atoms with Crippen molar-refractivity contribution in [3.05, 3.63) is 163 Å². The molecule has 2 nitrogen and oxygen atoms in total. The highest BCUT2D eigenvalue weighted by molar-refractivity contribution is 6.12. The Kier molecular flexibility index (Phi) is 5.88. The van der Waals surface area contributed by atoms with E-state index in [1.165, 1.54) is 38.8 Å². The van der Waals surface area contributed by atoms with Crippen molar-refractivity contribution in [3.63, 3.8) is 0 Å². The molecule has 0 radical (unpaired) electrons. The van der Waals surface area contributed by atoms with Crippen molar-refractivity contribution in [3.8, 4) is 55.9 Å². The second-order valence-corrected chi connectivity index (χ2v) is 12.8. The van der Waals surface area contributed by atoms with E-state index < -0.39 is 0 Å². The van der Waals surface area contributed by atoms with Gasteiger partial charge >= 0.3 is 0 Å². The Labute approximate surface area is 268 Å². The third-order valence-corrected chi connectivity index (χ3v) is 9.68. The van der Waals surface area contributed by atoms with Crippen LogP contribution in [0.5, 0.6) is 0 Å². The van der Waals surface area contributed by atoms with Crippen LogP contribution in [0, 0.1) is 0 Å². The zero-order valence-electron chi connectivity index (χ0n) is 25.8. The third-order valence-electron chi connectivity index (χ3n) is 9.68. The topological polar surface area (TPSA) is 26.0 Å². The van der Waals surface area contributed by atoms with Gasteiger partial charge in [-0.05, 0) is 69.3 Å². The standard InChI is InChI=1S/C44H31NO/c1-44(2)37-22-20-31(25-36(37)42-38(44)23-21-35-34-18-9-10-19-41(34)46-43(35)42)30-16-11-17-32(24-30)40-27-33(28-12-5-3-6-13-28)26-39(45-40)29-14-7-4-8-15-29/h3-27H,1-2H3. The van der Waals surface area contributed by atoms with Gasteiger partial charge in [0.15, 0.2) is 0 Å². The van der Waals surface area contributed by atoms with E-state index in [4.69, 9.17) is 9.40 Å². The molecule has 0 saturated carbocycles. The number of pyridine rings is 1. The number of nitrogens with zero attached hydrogens (tertiary/aromatic N) is 1. The first-order chi connectivity index (χ1) is 22.5. The van der Waals surface area contributed by atoms with Crippen molar-refractivity contribution >= 4 is 21.9 Å². The van der Waals surface area contributed by atoms with E-state index in [-0.39, 0.29) is 5.41 Å². The Bertz CT molecular complexity index is 2380. The summed E-state index contributed by atoms with van der Waals surface area (Å²) in [5.41, 5.74) is 15.7. The highest BCUT2D eigenvalue weighted by Crippen LogP contribution is 2.53. The number of rotatable bonds is 4. The summed E-state index contributed by atoms with van der Waals surface area (Å²) >= 11 is 0. The molecule has 0 aliphatic heterocycles. The van der Waals surface area contributed by atoms with Crippen LogP contribution in [0.4, 0.5) is 0 Å². The zero-order valence-corrected chi connectivity index (χ0v) is 25.8. The fourth-order valence-electron chi connectivity index (χ4n) is 7.29. The lowest BCUT2D eigenvalue weighted by Gasteiger charge is -2.21. The molecule has 8 aromatic rings. The van der Waals surface area contributed by atoms with Gasteiger partial charge in [0.25, 0.3) is 0 Å². The van der Waals surface area contributed by atoms with Crippen LogP contribution in [0.2, 0.25) is 0 Å². The van der Waals surface area contributed by atoms with Gasteiger partial charge in [-0.3, -0.25) is 0 Å². The number of benzene rings is 6. The fraction of sp³-hybridized carbons (Fsp3) is 0.0682. The van der Waals surface area contributed by atoms with Gasteiger partial charge < -0.3 is 4.42 Å². The molecule has 9 rings (SSSR count). The summed E-state index contributed by atoms with van der Waals surface area (Å²) in [5.74, 6) is 0. The van der Waals surface area contributed by atoms with Crippen molar-refractivity contribution in [1.29, 1.82) is 0 Å². The maximum absolute atomic E-state index is 6.56. The van der Waals surface area contributed by atoms with Gasteiger partial charge in [0.1, 0.15) is 11.2 Å². The van der Waals surface area contributed by atoms with Crippen LogP contribution in [0.15, 0.2) is 156 Å². The SMILES string of the molecule is CC1(C)c2ccc(-c3cccc(-c4cc(-c5ccccc5)cc(-c5ccccc5)n4)c3)cc2-c2c1ccc1c2oc2ccccc21. The lowest BCUT2D eigenvalue weighted by Crippen LogP contribution is -2.14. The molecule has 0 fully saturated rings. The first kappa shape index (κ1) is 26.7. The summed E-state index contributed by atoms with van der Waals surface area (Å²) in [6.45, 7) is 4.64. The molecule has 0 amide bonds. The minimum absolute atomic E-state index is 0.117. The molecule has 1 aliphatic rings. The first-order valence-corrected chi connectivity index (χ1v) is 15.9. The van der Waals surface area contributed by atoms with Crippen LogP contribution in [-0.2, 0) is 5.41 Å². The van der Waals surface area contributed by atoms with E-state index in [1.807, 2.05) is 12.1 Å². The molecular weight excluding hydrogens is 558 g/mol. The van der Waals surface area contributed by atoms with E-state index in [2.05, 4.69) is 153 Å². The normalized spacial score (nSPS) is 13.2. The van der Waals surface area contributed by atoms with Gasteiger partial charge in [-0.2, -0.15) is 0 Å². The van der Waals surface area contributed by atoms with Crippen LogP contribution in [0.25, 0.3) is 77.8 Å². The van der Waals surface area contributed by atoms with E-state index in [9.17, 15) is 0 Å². The van der Waals surface area contributed by atoms with Gasteiger partial charge in [0.2, 0.25) is 0 Å². The van der Waals surface area contributed by atoms with Crippen LogP contribution < -0.4 is 0 Å². The molecule has 46 heavy (non-hydrogen) atoms. The number of aromatic nitrogens is 1. The van der Waals surface area contributed by atoms with Crippen LogP contribution in [0.1, 0.15) is 25.0 Å². The lowest BCUT2D eigenvalue weighted by atomic mass is 9.82. The molecule has 0 bridgehead atoms. The molecule has 2 heterocycles. The molecule has 6 aromatic carbocycles. The van der Waals surface area contributed by atoms with E-state index in [0.717, 1.165) is 50.2 Å². The summed E-state index contributed by atoms with van der Waals surface area (Å²) in [4.78, 5) is 5.18. The van der Waals surface area contributed by atoms with Gasteiger partial charge in [-0.25, -0.2) is 4.98 Å². The maximum atomic E-state index is 6.56. The summed E-state index contributed by atoms with van der Waals surface area (Å²) in [6, 6.07) is 54.0. The van der Waals surface area contributed by atoms with Gasteiger partial charge in [-0.1, -0.05) is 135 Å². The highest BCUT2D eigenvalue weighted by atomic mass is 16.3. The van der Waals surface area contributed by atoms with Crippen molar-refractivity contribution in [2.24, 2.45) is 0 Å². The maximum Gasteiger partial charge on any atom is 0.143 e. The largest absolute Gasteiger partial charge is 0.455 e. The summed E-state index contributed by atoms with van der Waals surface area (Å²) in [6.07, 6.45) is 0. The minimum Gasteiger partial charge on any atom is -0.455 e. The first-order valence-electron chi connectivity index (χ1n) is 15.9. The monoisotopic (exact) mass is 589 g/mol. The van der Waals surface area contributed by atoms with Gasteiger partial charge in [0, 0.05) is 32.9 Å².